The predicted octanol–water partition coefficient (Wildman–Crippen LogP) is 3.06. The molecule has 0 unspecified atom stereocenters. The molecule has 2 aromatic rings. The average Bonchev–Trinajstić information content (AvgIpc) is 2.92. The summed E-state index contributed by atoms with van der Waals surface area (Å²) in [5.41, 5.74) is 2.93. The topological polar surface area (TPSA) is 49.9 Å². The first-order valence-electron chi connectivity index (χ1n) is 9.36. The summed E-state index contributed by atoms with van der Waals surface area (Å²) in [5.74, 6) is 0.691. The molecule has 3 rings (SSSR count). The molecule has 0 spiro atoms. The minimum absolute atomic E-state index is 0.0232. The molecule has 27 heavy (non-hydrogen) atoms. The van der Waals surface area contributed by atoms with Crippen LogP contribution in [0, 0.1) is 13.8 Å². The first-order valence-corrected chi connectivity index (χ1v) is 9.36. The van der Waals surface area contributed by atoms with Gasteiger partial charge in [-0.1, -0.05) is 29.8 Å². The number of ether oxygens (including phenoxy) is 1. The van der Waals surface area contributed by atoms with Crippen LogP contribution in [-0.2, 0) is 4.79 Å². The lowest BCUT2D eigenvalue weighted by Crippen LogP contribution is -2.39. The van der Waals surface area contributed by atoms with Gasteiger partial charge in [-0.3, -0.25) is 9.59 Å². The summed E-state index contributed by atoms with van der Waals surface area (Å²) in [6.45, 7) is 6.40. The van der Waals surface area contributed by atoms with E-state index in [1.54, 1.807) is 4.90 Å². The number of hydrogen-bond donors (Lipinski definition) is 0. The fraction of sp³-hybridized carbons (Fsp3) is 0.364. The third kappa shape index (κ3) is 5.09. The van der Waals surface area contributed by atoms with Crippen molar-refractivity contribution in [3.05, 3.63) is 65.2 Å². The Morgan fingerprint density at radius 3 is 2.33 bits per heavy atom. The molecule has 2 amide bonds. The van der Waals surface area contributed by atoms with Crippen molar-refractivity contribution in [3.63, 3.8) is 0 Å². The molecule has 5 nitrogen and oxygen atoms in total. The van der Waals surface area contributed by atoms with Crippen molar-refractivity contribution in [2.24, 2.45) is 0 Å². The predicted molar refractivity (Wildman–Crippen MR) is 105 cm³/mol. The second-order valence-electron chi connectivity index (χ2n) is 7.00. The zero-order chi connectivity index (χ0) is 19.2. The zero-order valence-electron chi connectivity index (χ0n) is 16.0. The van der Waals surface area contributed by atoms with Crippen molar-refractivity contribution >= 4 is 11.8 Å². The molecule has 142 valence electrons. The molecule has 1 fully saturated rings. The van der Waals surface area contributed by atoms with Gasteiger partial charge in [-0.05, 0) is 50.1 Å². The van der Waals surface area contributed by atoms with Gasteiger partial charge in [0, 0.05) is 31.7 Å². The molecule has 2 aromatic carbocycles. The number of hydrogen-bond acceptors (Lipinski definition) is 3. The Morgan fingerprint density at radius 2 is 1.59 bits per heavy atom. The standard InChI is InChI=1S/C22H26N2O3/c1-17-7-9-19(10-8-17)22(26)24-12-4-11-23(13-14-24)21(25)16-27-20-6-3-5-18(2)15-20/h3,5-10,15H,4,11-14,16H2,1-2H3. The molecule has 0 bridgehead atoms. The highest BCUT2D eigenvalue weighted by atomic mass is 16.5. The van der Waals surface area contributed by atoms with Gasteiger partial charge < -0.3 is 14.5 Å². The summed E-state index contributed by atoms with van der Waals surface area (Å²) in [5, 5.41) is 0. The second kappa shape index (κ2) is 8.71. The molecule has 0 aliphatic carbocycles. The maximum atomic E-state index is 12.7. The third-order valence-corrected chi connectivity index (χ3v) is 4.79. The molecule has 1 heterocycles. The van der Waals surface area contributed by atoms with Crippen molar-refractivity contribution in [3.8, 4) is 5.75 Å². The fourth-order valence-electron chi connectivity index (χ4n) is 3.19. The van der Waals surface area contributed by atoms with E-state index in [0.717, 1.165) is 17.5 Å². The lowest BCUT2D eigenvalue weighted by molar-refractivity contribution is -0.133. The van der Waals surface area contributed by atoms with Crippen molar-refractivity contribution < 1.29 is 14.3 Å². The van der Waals surface area contributed by atoms with Crippen LogP contribution < -0.4 is 4.74 Å². The summed E-state index contributed by atoms with van der Waals surface area (Å²) >= 11 is 0. The molecule has 5 heteroatoms. The Morgan fingerprint density at radius 1 is 0.889 bits per heavy atom. The lowest BCUT2D eigenvalue weighted by atomic mass is 10.1. The van der Waals surface area contributed by atoms with Gasteiger partial charge in [0.2, 0.25) is 0 Å². The van der Waals surface area contributed by atoms with Crippen LogP contribution in [0.5, 0.6) is 5.75 Å². The van der Waals surface area contributed by atoms with Crippen LogP contribution in [0.1, 0.15) is 27.9 Å². The van der Waals surface area contributed by atoms with Crippen LogP contribution in [0.4, 0.5) is 0 Å². The normalized spacial score (nSPS) is 14.6. The van der Waals surface area contributed by atoms with Gasteiger partial charge in [0.25, 0.3) is 11.8 Å². The number of nitrogens with zero attached hydrogens (tertiary/aromatic N) is 2. The highest BCUT2D eigenvalue weighted by Crippen LogP contribution is 2.14. The van der Waals surface area contributed by atoms with Crippen LogP contribution in [0.15, 0.2) is 48.5 Å². The summed E-state index contributed by atoms with van der Waals surface area (Å²) in [4.78, 5) is 28.8. The number of carbonyl (C=O) groups is 2. The van der Waals surface area contributed by atoms with Gasteiger partial charge in [-0.15, -0.1) is 0 Å². The Bertz CT molecular complexity index is 801. The Balaban J connectivity index is 1.53. The van der Waals surface area contributed by atoms with Crippen LogP contribution in [0.25, 0.3) is 0 Å². The Kier molecular flexibility index (Phi) is 6.12. The van der Waals surface area contributed by atoms with Gasteiger partial charge >= 0.3 is 0 Å². The average molecular weight is 366 g/mol. The maximum absolute atomic E-state index is 12.7. The van der Waals surface area contributed by atoms with Crippen LogP contribution in [-0.4, -0.2) is 54.4 Å². The van der Waals surface area contributed by atoms with Crippen molar-refractivity contribution in [2.75, 3.05) is 32.8 Å². The van der Waals surface area contributed by atoms with E-state index in [9.17, 15) is 9.59 Å². The zero-order valence-corrected chi connectivity index (χ0v) is 16.0. The van der Waals surface area contributed by atoms with E-state index in [4.69, 9.17) is 4.74 Å². The summed E-state index contributed by atoms with van der Waals surface area (Å²) in [6, 6.07) is 15.3. The second-order valence-corrected chi connectivity index (χ2v) is 7.00. The monoisotopic (exact) mass is 366 g/mol. The maximum Gasteiger partial charge on any atom is 0.260 e. The summed E-state index contributed by atoms with van der Waals surface area (Å²) in [7, 11) is 0. The van der Waals surface area contributed by atoms with Gasteiger partial charge in [0.1, 0.15) is 5.75 Å². The molecule has 1 aliphatic rings. The van der Waals surface area contributed by atoms with Crippen LogP contribution in [0.3, 0.4) is 0 Å². The van der Waals surface area contributed by atoms with Crippen molar-refractivity contribution in [2.45, 2.75) is 20.3 Å². The van der Waals surface area contributed by atoms with E-state index >= 15 is 0 Å². The highest BCUT2D eigenvalue weighted by Gasteiger charge is 2.23. The molecule has 0 atom stereocenters. The Labute approximate surface area is 160 Å². The SMILES string of the molecule is Cc1ccc(C(=O)N2CCCN(C(=O)COc3cccc(C)c3)CC2)cc1. The number of benzene rings is 2. The van der Waals surface area contributed by atoms with Gasteiger partial charge in [0.15, 0.2) is 6.61 Å². The minimum atomic E-state index is -0.0406. The van der Waals surface area contributed by atoms with Crippen molar-refractivity contribution in [1.29, 1.82) is 0 Å². The third-order valence-electron chi connectivity index (χ3n) is 4.79. The van der Waals surface area contributed by atoms with E-state index < -0.39 is 0 Å². The van der Waals surface area contributed by atoms with Gasteiger partial charge in [-0.2, -0.15) is 0 Å². The first kappa shape index (κ1) is 19.0. The summed E-state index contributed by atoms with van der Waals surface area (Å²) in [6.07, 6.45) is 0.772. The molecule has 0 saturated carbocycles. The minimum Gasteiger partial charge on any atom is -0.484 e. The number of rotatable bonds is 4. The van der Waals surface area contributed by atoms with Crippen LogP contribution in [0.2, 0.25) is 0 Å². The van der Waals surface area contributed by atoms with E-state index in [1.165, 1.54) is 0 Å². The van der Waals surface area contributed by atoms with Gasteiger partial charge in [0.05, 0.1) is 0 Å². The number of aryl methyl sites for hydroxylation is 2. The molecule has 1 saturated heterocycles. The van der Waals surface area contributed by atoms with E-state index in [2.05, 4.69) is 0 Å². The highest BCUT2D eigenvalue weighted by molar-refractivity contribution is 5.94. The quantitative estimate of drug-likeness (QED) is 0.836. The molecular weight excluding hydrogens is 340 g/mol. The van der Waals surface area contributed by atoms with Crippen LogP contribution >= 0.6 is 0 Å². The lowest BCUT2D eigenvalue weighted by Gasteiger charge is -2.22. The molecular formula is C22H26N2O3. The van der Waals surface area contributed by atoms with E-state index in [-0.39, 0.29) is 18.4 Å². The largest absolute Gasteiger partial charge is 0.484 e. The van der Waals surface area contributed by atoms with E-state index in [1.807, 2.05) is 67.3 Å². The Hall–Kier alpha value is -2.82. The molecule has 0 radical (unpaired) electrons. The van der Waals surface area contributed by atoms with Crippen molar-refractivity contribution in [1.82, 2.24) is 9.80 Å². The fourth-order valence-corrected chi connectivity index (χ4v) is 3.19. The number of carbonyl (C=O) groups excluding carboxylic acids is 2. The first-order chi connectivity index (χ1) is 13.0. The van der Waals surface area contributed by atoms with Gasteiger partial charge in [-0.25, -0.2) is 0 Å². The summed E-state index contributed by atoms with van der Waals surface area (Å²) < 4.78 is 5.63. The van der Waals surface area contributed by atoms with E-state index in [0.29, 0.717) is 37.5 Å². The molecule has 1 aliphatic heterocycles. The number of amides is 2. The molecule has 0 aromatic heterocycles. The molecule has 0 N–H and O–H groups in total. The smallest absolute Gasteiger partial charge is 0.260 e.